The maximum atomic E-state index is 12.1. The number of hydrogen-bond donors (Lipinski definition) is 1. The SMILES string of the molecule is CN(C)c1ccc(-c2cccc(-c3ccn(CC(=O)NCc4ccco4)n3)c2)nn1. The molecule has 3 aromatic heterocycles. The van der Waals surface area contributed by atoms with Gasteiger partial charge in [0.2, 0.25) is 5.91 Å². The number of hydrogen-bond acceptors (Lipinski definition) is 6. The molecular weight excluding hydrogens is 380 g/mol. The zero-order valence-electron chi connectivity index (χ0n) is 16.8. The lowest BCUT2D eigenvalue weighted by molar-refractivity contribution is -0.122. The summed E-state index contributed by atoms with van der Waals surface area (Å²) in [7, 11) is 3.86. The van der Waals surface area contributed by atoms with Gasteiger partial charge in [0.25, 0.3) is 0 Å². The Kier molecular flexibility index (Phi) is 5.56. The van der Waals surface area contributed by atoms with Crippen LogP contribution in [0.15, 0.2) is 71.5 Å². The molecule has 0 spiro atoms. The summed E-state index contributed by atoms with van der Waals surface area (Å²) in [6.45, 7) is 0.494. The van der Waals surface area contributed by atoms with E-state index in [0.717, 1.165) is 28.3 Å². The van der Waals surface area contributed by atoms with Crippen molar-refractivity contribution < 1.29 is 9.21 Å². The summed E-state index contributed by atoms with van der Waals surface area (Å²) in [6.07, 6.45) is 3.37. The second-order valence-electron chi connectivity index (χ2n) is 7.01. The Morgan fingerprint density at radius 3 is 2.57 bits per heavy atom. The largest absolute Gasteiger partial charge is 0.467 e. The van der Waals surface area contributed by atoms with Crippen molar-refractivity contribution in [1.29, 1.82) is 0 Å². The van der Waals surface area contributed by atoms with Crippen molar-refractivity contribution >= 4 is 11.7 Å². The van der Waals surface area contributed by atoms with Gasteiger partial charge in [-0.1, -0.05) is 18.2 Å². The lowest BCUT2D eigenvalue weighted by Crippen LogP contribution is -2.27. The van der Waals surface area contributed by atoms with Gasteiger partial charge in [-0.05, 0) is 36.4 Å². The zero-order chi connectivity index (χ0) is 20.9. The van der Waals surface area contributed by atoms with Gasteiger partial charge in [-0.25, -0.2) is 0 Å². The number of nitrogens with zero attached hydrogens (tertiary/aromatic N) is 5. The van der Waals surface area contributed by atoms with E-state index in [9.17, 15) is 4.79 Å². The summed E-state index contributed by atoms with van der Waals surface area (Å²) in [5.41, 5.74) is 3.48. The third-order valence-corrected chi connectivity index (χ3v) is 4.55. The summed E-state index contributed by atoms with van der Waals surface area (Å²) in [4.78, 5) is 14.0. The van der Waals surface area contributed by atoms with E-state index in [-0.39, 0.29) is 12.5 Å². The first-order valence-electron chi connectivity index (χ1n) is 9.53. The second kappa shape index (κ2) is 8.60. The molecule has 0 aliphatic carbocycles. The summed E-state index contributed by atoms with van der Waals surface area (Å²) in [5, 5.41) is 15.9. The van der Waals surface area contributed by atoms with E-state index in [4.69, 9.17) is 4.42 Å². The average molecular weight is 402 g/mol. The number of nitrogens with one attached hydrogen (secondary N) is 1. The molecule has 0 radical (unpaired) electrons. The molecule has 0 fully saturated rings. The van der Waals surface area contributed by atoms with Crippen molar-refractivity contribution in [2.24, 2.45) is 0 Å². The number of carbonyl (C=O) groups is 1. The van der Waals surface area contributed by atoms with Crippen LogP contribution >= 0.6 is 0 Å². The van der Waals surface area contributed by atoms with E-state index >= 15 is 0 Å². The second-order valence-corrected chi connectivity index (χ2v) is 7.01. The van der Waals surface area contributed by atoms with Crippen molar-refractivity contribution in [2.45, 2.75) is 13.1 Å². The normalized spacial score (nSPS) is 10.7. The van der Waals surface area contributed by atoms with E-state index in [1.807, 2.05) is 67.5 Å². The third-order valence-electron chi connectivity index (χ3n) is 4.55. The molecule has 0 atom stereocenters. The predicted molar refractivity (Wildman–Crippen MR) is 114 cm³/mol. The molecule has 8 heteroatoms. The minimum Gasteiger partial charge on any atom is -0.467 e. The Labute approximate surface area is 174 Å². The third kappa shape index (κ3) is 4.54. The molecule has 0 bridgehead atoms. The van der Waals surface area contributed by atoms with Crippen molar-refractivity contribution in [1.82, 2.24) is 25.3 Å². The van der Waals surface area contributed by atoms with Gasteiger partial charge in [0, 0.05) is 31.4 Å². The Hall–Kier alpha value is -3.94. The molecule has 0 aliphatic heterocycles. The minimum absolute atomic E-state index is 0.133. The van der Waals surface area contributed by atoms with Crippen molar-refractivity contribution in [3.63, 3.8) is 0 Å². The number of aromatic nitrogens is 4. The van der Waals surface area contributed by atoms with Crippen LogP contribution in [0.2, 0.25) is 0 Å². The van der Waals surface area contributed by atoms with Crippen molar-refractivity contribution in [3.8, 4) is 22.5 Å². The number of rotatable bonds is 7. The molecule has 1 aromatic carbocycles. The maximum Gasteiger partial charge on any atom is 0.242 e. The van der Waals surface area contributed by atoms with E-state index in [1.165, 1.54) is 0 Å². The first kappa shape index (κ1) is 19.4. The van der Waals surface area contributed by atoms with Crippen LogP contribution in [0.1, 0.15) is 5.76 Å². The Balaban J connectivity index is 1.44. The van der Waals surface area contributed by atoms with Crippen LogP contribution in [0.5, 0.6) is 0 Å². The van der Waals surface area contributed by atoms with Crippen LogP contribution in [-0.4, -0.2) is 40.0 Å². The number of carbonyl (C=O) groups excluding carboxylic acids is 1. The van der Waals surface area contributed by atoms with Crippen LogP contribution in [0.3, 0.4) is 0 Å². The number of amides is 1. The molecule has 152 valence electrons. The Bertz CT molecular complexity index is 1120. The van der Waals surface area contributed by atoms with Gasteiger partial charge in [-0.2, -0.15) is 5.10 Å². The monoisotopic (exact) mass is 402 g/mol. The fourth-order valence-corrected chi connectivity index (χ4v) is 2.96. The smallest absolute Gasteiger partial charge is 0.242 e. The van der Waals surface area contributed by atoms with Gasteiger partial charge < -0.3 is 14.6 Å². The van der Waals surface area contributed by atoms with Crippen LogP contribution < -0.4 is 10.2 Å². The number of furan rings is 1. The standard InChI is InChI=1S/C22H22N6O2/c1-27(2)21-9-8-19(24-25-21)16-5-3-6-17(13-16)20-10-11-28(26-20)15-22(29)23-14-18-7-4-12-30-18/h3-13H,14-15H2,1-2H3,(H,23,29). The van der Waals surface area contributed by atoms with Crippen LogP contribution in [-0.2, 0) is 17.9 Å². The number of anilines is 1. The van der Waals surface area contributed by atoms with Gasteiger partial charge in [-0.15, -0.1) is 10.2 Å². The summed E-state index contributed by atoms with van der Waals surface area (Å²) < 4.78 is 6.83. The Morgan fingerprint density at radius 1 is 1.03 bits per heavy atom. The average Bonchev–Trinajstić information content (AvgIpc) is 3.45. The molecule has 0 unspecified atom stereocenters. The highest BCUT2D eigenvalue weighted by Gasteiger charge is 2.09. The topological polar surface area (TPSA) is 89.1 Å². The predicted octanol–water partition coefficient (Wildman–Crippen LogP) is 2.98. The quantitative estimate of drug-likeness (QED) is 0.511. The molecule has 4 rings (SSSR count). The Morgan fingerprint density at radius 2 is 1.87 bits per heavy atom. The van der Waals surface area contributed by atoms with Gasteiger partial charge in [0.05, 0.1) is 24.2 Å². The van der Waals surface area contributed by atoms with Gasteiger partial charge in [0.1, 0.15) is 12.3 Å². The molecular formula is C22H22N6O2. The van der Waals surface area contributed by atoms with Gasteiger partial charge >= 0.3 is 0 Å². The van der Waals surface area contributed by atoms with Gasteiger partial charge in [0.15, 0.2) is 5.82 Å². The molecule has 0 saturated heterocycles. The lowest BCUT2D eigenvalue weighted by Gasteiger charge is -2.10. The van der Waals surface area contributed by atoms with E-state index in [2.05, 4.69) is 20.6 Å². The summed E-state index contributed by atoms with van der Waals surface area (Å²) in [6, 6.07) is 17.3. The van der Waals surface area contributed by atoms with E-state index in [1.54, 1.807) is 23.2 Å². The van der Waals surface area contributed by atoms with E-state index in [0.29, 0.717) is 12.3 Å². The highest BCUT2D eigenvalue weighted by Crippen LogP contribution is 2.24. The molecule has 0 saturated carbocycles. The summed E-state index contributed by atoms with van der Waals surface area (Å²) >= 11 is 0. The first-order chi connectivity index (χ1) is 14.6. The maximum absolute atomic E-state index is 12.1. The summed E-state index contributed by atoms with van der Waals surface area (Å²) in [5.74, 6) is 1.38. The zero-order valence-corrected chi connectivity index (χ0v) is 16.8. The van der Waals surface area contributed by atoms with Crippen LogP contribution in [0.4, 0.5) is 5.82 Å². The molecule has 4 aromatic rings. The highest BCUT2D eigenvalue weighted by molar-refractivity contribution is 5.75. The van der Waals surface area contributed by atoms with Crippen molar-refractivity contribution in [2.75, 3.05) is 19.0 Å². The fourth-order valence-electron chi connectivity index (χ4n) is 2.96. The van der Waals surface area contributed by atoms with E-state index < -0.39 is 0 Å². The van der Waals surface area contributed by atoms with Crippen LogP contribution in [0.25, 0.3) is 22.5 Å². The highest BCUT2D eigenvalue weighted by atomic mass is 16.3. The van der Waals surface area contributed by atoms with Crippen LogP contribution in [0, 0.1) is 0 Å². The molecule has 1 N–H and O–H groups in total. The minimum atomic E-state index is -0.133. The van der Waals surface area contributed by atoms with Crippen molar-refractivity contribution in [3.05, 3.63) is 72.8 Å². The molecule has 0 aliphatic rings. The number of benzene rings is 1. The van der Waals surface area contributed by atoms with Gasteiger partial charge in [-0.3, -0.25) is 9.48 Å². The first-order valence-corrected chi connectivity index (χ1v) is 9.53. The molecule has 3 heterocycles. The molecule has 8 nitrogen and oxygen atoms in total. The molecule has 1 amide bonds. The molecule has 30 heavy (non-hydrogen) atoms. The fraction of sp³-hybridized carbons (Fsp3) is 0.182. The lowest BCUT2D eigenvalue weighted by atomic mass is 10.1.